The second-order valence-corrected chi connectivity index (χ2v) is 10.5. The number of halogens is 1. The molecule has 0 aliphatic rings. The van der Waals surface area contributed by atoms with E-state index >= 15 is 0 Å². The van der Waals surface area contributed by atoms with Gasteiger partial charge in [0.2, 0.25) is 15.9 Å². The van der Waals surface area contributed by atoms with Crippen LogP contribution in [0, 0.1) is 5.92 Å². The number of hydrogen-bond donors (Lipinski definition) is 4. The number of amides is 2. The fourth-order valence-corrected chi connectivity index (χ4v) is 4.18. The first-order valence-electron chi connectivity index (χ1n) is 11.5. The third kappa shape index (κ3) is 9.75. The van der Waals surface area contributed by atoms with Gasteiger partial charge in [0.1, 0.15) is 0 Å². The van der Waals surface area contributed by atoms with Gasteiger partial charge in [0.05, 0.1) is 11.0 Å². The molecule has 0 radical (unpaired) electrons. The van der Waals surface area contributed by atoms with Crippen LogP contribution in [0.3, 0.4) is 0 Å². The molecule has 3 atom stereocenters. The van der Waals surface area contributed by atoms with E-state index in [0.717, 1.165) is 18.1 Å². The summed E-state index contributed by atoms with van der Waals surface area (Å²) < 4.78 is 37.1. The third-order valence-corrected chi connectivity index (χ3v) is 6.91. The van der Waals surface area contributed by atoms with Gasteiger partial charge in [-0.1, -0.05) is 42.5 Å². The lowest BCUT2D eigenvalue weighted by Crippen LogP contribution is -2.39. The summed E-state index contributed by atoms with van der Waals surface area (Å²) in [6.45, 7) is 1.34. The van der Waals surface area contributed by atoms with Gasteiger partial charge in [-0.15, -0.1) is 0 Å². The zero-order valence-corrected chi connectivity index (χ0v) is 20.6. The van der Waals surface area contributed by atoms with Crippen molar-refractivity contribution in [3.8, 4) is 0 Å². The number of aliphatic hydroxyl groups excluding tert-OH is 1. The van der Waals surface area contributed by atoms with Gasteiger partial charge in [0.15, 0.2) is 5.67 Å². The van der Waals surface area contributed by atoms with Crippen LogP contribution in [-0.4, -0.2) is 43.7 Å². The molecule has 1 unspecified atom stereocenters. The number of aryl methyl sites for hydroxylation is 1. The molecule has 0 saturated carbocycles. The number of rotatable bonds is 14. The van der Waals surface area contributed by atoms with Gasteiger partial charge >= 0.3 is 0 Å². The molecular formula is C25H34FN3O5S. The number of sulfonamides is 1. The summed E-state index contributed by atoms with van der Waals surface area (Å²) in [7, 11) is -3.78. The van der Waals surface area contributed by atoms with Crippen LogP contribution >= 0.6 is 0 Å². The molecule has 192 valence electrons. The second kappa shape index (κ2) is 12.8. The van der Waals surface area contributed by atoms with Gasteiger partial charge in [0, 0.05) is 12.5 Å². The molecule has 2 amide bonds. The van der Waals surface area contributed by atoms with Crippen molar-refractivity contribution in [1.82, 2.24) is 5.32 Å². The number of nitrogens with one attached hydrogen (secondary N) is 1. The van der Waals surface area contributed by atoms with Crippen LogP contribution in [0.4, 0.5) is 4.39 Å². The third-order valence-electron chi connectivity index (χ3n) is 5.98. The Bertz CT molecular complexity index is 1080. The number of alkyl halides is 1. The summed E-state index contributed by atoms with van der Waals surface area (Å²) >= 11 is 0. The van der Waals surface area contributed by atoms with Crippen molar-refractivity contribution in [3.05, 3.63) is 65.7 Å². The lowest BCUT2D eigenvalue weighted by atomic mass is 9.88. The predicted octanol–water partition coefficient (Wildman–Crippen LogP) is 1.99. The lowest BCUT2D eigenvalue weighted by molar-refractivity contribution is -0.131. The summed E-state index contributed by atoms with van der Waals surface area (Å²) in [5, 5.41) is 18.4. The van der Waals surface area contributed by atoms with E-state index in [9.17, 15) is 27.5 Å². The first-order chi connectivity index (χ1) is 16.4. The first-order valence-corrected chi connectivity index (χ1v) is 13.0. The number of aliphatic hydroxyl groups is 1. The van der Waals surface area contributed by atoms with Crippen LogP contribution in [-0.2, 0) is 32.5 Å². The largest absolute Gasteiger partial charge is 0.393 e. The van der Waals surface area contributed by atoms with Gasteiger partial charge in [-0.05, 0) is 68.7 Å². The Kier molecular flexibility index (Phi) is 10.4. The van der Waals surface area contributed by atoms with E-state index in [1.165, 1.54) is 12.1 Å². The van der Waals surface area contributed by atoms with E-state index in [0.29, 0.717) is 19.3 Å². The van der Waals surface area contributed by atoms with E-state index < -0.39 is 33.6 Å². The van der Waals surface area contributed by atoms with Gasteiger partial charge in [0.25, 0.3) is 5.91 Å². The molecule has 8 nitrogen and oxygen atoms in total. The van der Waals surface area contributed by atoms with E-state index in [1.54, 1.807) is 12.1 Å². The average molecular weight is 508 g/mol. The van der Waals surface area contributed by atoms with Crippen LogP contribution in [0.5, 0.6) is 0 Å². The number of primary sulfonamides is 1. The molecule has 10 heteroatoms. The van der Waals surface area contributed by atoms with E-state index in [-0.39, 0.29) is 36.6 Å². The Morgan fingerprint density at radius 3 is 2.20 bits per heavy atom. The molecule has 0 bridgehead atoms. The summed E-state index contributed by atoms with van der Waals surface area (Å²) in [4.78, 5) is 24.2. The minimum Gasteiger partial charge on any atom is -0.393 e. The van der Waals surface area contributed by atoms with Gasteiger partial charge in [-0.25, -0.2) is 17.9 Å². The number of nitrogens with two attached hydrogens (primary N) is 2. The number of benzene rings is 2. The topological polar surface area (TPSA) is 153 Å². The standard InChI is InChI=1S/C25H34FN3O5S/c1-25(26,24(27)32)15-13-20(17-21(30)10-7-18-5-3-2-4-6-18)23(31)29-16-14-19-8-11-22(12-9-19)35(28,33)34/h2-6,8-9,11-12,20-21,30H,7,10,13-17H2,1H3,(H2,27,32)(H,29,31)(H2,28,33,34)/t20-,21+,25?/m1/s1. The highest BCUT2D eigenvalue weighted by molar-refractivity contribution is 7.89. The van der Waals surface area contributed by atoms with Crippen molar-refractivity contribution in [2.75, 3.05) is 6.54 Å². The molecule has 0 aliphatic carbocycles. The van der Waals surface area contributed by atoms with Crippen LogP contribution in [0.1, 0.15) is 43.7 Å². The molecule has 2 rings (SSSR count). The van der Waals surface area contributed by atoms with Crippen LogP contribution in [0.25, 0.3) is 0 Å². The minimum atomic E-state index is -3.78. The SMILES string of the molecule is CC(F)(CC[C@H](C[C@@H](O)CCc1ccccc1)C(=O)NCCc1ccc(S(N)(=O)=O)cc1)C(N)=O. The normalized spacial score (nSPS) is 15.1. The van der Waals surface area contributed by atoms with Crippen molar-refractivity contribution in [3.63, 3.8) is 0 Å². The summed E-state index contributed by atoms with van der Waals surface area (Å²) in [6.07, 6.45) is 0.656. The minimum absolute atomic E-state index is 0.00133. The summed E-state index contributed by atoms with van der Waals surface area (Å²) in [5.74, 6) is -2.16. The average Bonchev–Trinajstić information content (AvgIpc) is 2.80. The Morgan fingerprint density at radius 1 is 1.03 bits per heavy atom. The Morgan fingerprint density at radius 2 is 1.63 bits per heavy atom. The zero-order chi connectivity index (χ0) is 26.1. The Hall–Kier alpha value is -2.82. The molecule has 2 aromatic carbocycles. The van der Waals surface area contributed by atoms with Gasteiger partial charge < -0.3 is 16.2 Å². The monoisotopic (exact) mass is 507 g/mol. The maximum atomic E-state index is 14.4. The quantitative estimate of drug-likeness (QED) is 0.308. The van der Waals surface area contributed by atoms with Crippen LogP contribution < -0.4 is 16.2 Å². The zero-order valence-electron chi connectivity index (χ0n) is 19.8. The predicted molar refractivity (Wildman–Crippen MR) is 131 cm³/mol. The molecule has 6 N–H and O–H groups in total. The smallest absolute Gasteiger partial charge is 0.254 e. The molecule has 0 spiro atoms. The van der Waals surface area contributed by atoms with E-state index in [1.807, 2.05) is 30.3 Å². The van der Waals surface area contributed by atoms with E-state index in [4.69, 9.17) is 10.9 Å². The van der Waals surface area contributed by atoms with Crippen LogP contribution in [0.15, 0.2) is 59.5 Å². The first kappa shape index (κ1) is 28.4. The highest BCUT2D eigenvalue weighted by Crippen LogP contribution is 2.24. The molecule has 0 aromatic heterocycles. The van der Waals surface area contributed by atoms with Crippen molar-refractivity contribution < 1.29 is 27.5 Å². The van der Waals surface area contributed by atoms with Gasteiger partial charge in [-0.2, -0.15) is 0 Å². The number of carbonyl (C=O) groups is 2. The molecule has 0 saturated heterocycles. The maximum absolute atomic E-state index is 14.4. The summed E-state index contributed by atoms with van der Waals surface area (Å²) in [5.41, 5.74) is 4.72. The van der Waals surface area contributed by atoms with Gasteiger partial charge in [-0.3, -0.25) is 9.59 Å². The number of carbonyl (C=O) groups excluding carboxylic acids is 2. The molecule has 0 aliphatic heterocycles. The van der Waals surface area contributed by atoms with Crippen LogP contribution in [0.2, 0.25) is 0 Å². The fourth-order valence-electron chi connectivity index (χ4n) is 3.67. The summed E-state index contributed by atoms with van der Waals surface area (Å²) in [6, 6.07) is 15.6. The number of primary amides is 1. The fraction of sp³-hybridized carbons (Fsp3) is 0.440. The highest BCUT2D eigenvalue weighted by atomic mass is 32.2. The molecule has 2 aromatic rings. The number of hydrogen-bond acceptors (Lipinski definition) is 5. The van der Waals surface area contributed by atoms with Crippen molar-refractivity contribution in [2.45, 2.75) is 62.1 Å². The second-order valence-electron chi connectivity index (χ2n) is 8.94. The molecule has 0 heterocycles. The molecule has 0 fully saturated rings. The molecule has 35 heavy (non-hydrogen) atoms. The van der Waals surface area contributed by atoms with Crippen molar-refractivity contribution >= 4 is 21.8 Å². The highest BCUT2D eigenvalue weighted by Gasteiger charge is 2.33. The lowest BCUT2D eigenvalue weighted by Gasteiger charge is -2.23. The Labute approximate surface area is 206 Å². The van der Waals surface area contributed by atoms with Crippen molar-refractivity contribution in [1.29, 1.82) is 0 Å². The van der Waals surface area contributed by atoms with E-state index in [2.05, 4.69) is 5.32 Å². The van der Waals surface area contributed by atoms with Crippen molar-refractivity contribution in [2.24, 2.45) is 16.8 Å². The maximum Gasteiger partial charge on any atom is 0.254 e. The molecular weight excluding hydrogens is 473 g/mol. The Balaban J connectivity index is 1.95.